The Bertz CT molecular complexity index is 1780. The number of allylic oxidation sites excluding steroid dienone is 13. The van der Waals surface area contributed by atoms with Crippen LogP contribution in [0.25, 0.3) is 0 Å². The van der Waals surface area contributed by atoms with Crippen molar-refractivity contribution >= 4 is 11.9 Å². The predicted octanol–water partition coefficient (Wildman–Crippen LogP) is 19.6. The van der Waals surface area contributed by atoms with E-state index in [-0.39, 0.29) is 19.4 Å². The van der Waals surface area contributed by atoms with Crippen molar-refractivity contribution in [2.45, 2.75) is 384 Å². The van der Waals surface area contributed by atoms with Gasteiger partial charge in [0.05, 0.1) is 25.4 Å². The lowest BCUT2D eigenvalue weighted by atomic mass is 9.99. The van der Waals surface area contributed by atoms with Gasteiger partial charge in [-0.1, -0.05) is 311 Å². The van der Waals surface area contributed by atoms with Crippen molar-refractivity contribution in [3.05, 3.63) is 85.1 Å². The molecule has 0 saturated carbocycles. The third-order valence-electron chi connectivity index (χ3n) is 17.3. The highest BCUT2D eigenvalue weighted by atomic mass is 16.7. The van der Waals surface area contributed by atoms with E-state index < -0.39 is 67.4 Å². The van der Waals surface area contributed by atoms with Gasteiger partial charge in [0.1, 0.15) is 24.4 Å². The number of hydrogen-bond donors (Lipinski definition) is 6. The normalized spacial score (nSPS) is 18.6. The van der Waals surface area contributed by atoms with Crippen LogP contribution in [0.2, 0.25) is 0 Å². The van der Waals surface area contributed by atoms with Crippen molar-refractivity contribution in [3.8, 4) is 0 Å². The maximum absolute atomic E-state index is 13.5. The summed E-state index contributed by atoms with van der Waals surface area (Å²) in [6, 6.07) is -1.03. The molecule has 0 aliphatic carbocycles. The van der Waals surface area contributed by atoms with Crippen LogP contribution in [0.1, 0.15) is 335 Å². The molecule has 1 heterocycles. The average Bonchev–Trinajstić information content (AvgIpc) is 1.43. The molecule has 1 saturated heterocycles. The Balaban J connectivity index is 2.52. The van der Waals surface area contributed by atoms with Gasteiger partial charge in [-0.3, -0.25) is 9.59 Å². The fourth-order valence-electron chi connectivity index (χ4n) is 11.4. The van der Waals surface area contributed by atoms with Crippen LogP contribution in [0.5, 0.6) is 0 Å². The lowest BCUT2D eigenvalue weighted by Gasteiger charge is -2.41. The number of carbonyl (C=O) groups excluding carboxylic acids is 2. The van der Waals surface area contributed by atoms with Crippen molar-refractivity contribution in [2.75, 3.05) is 13.2 Å². The molecule has 6 N–H and O–H groups in total. The maximum Gasteiger partial charge on any atom is 0.306 e. The van der Waals surface area contributed by atoms with Crippen LogP contribution in [-0.4, -0.2) is 99.6 Å². The molecule has 8 unspecified atom stereocenters. The second-order valence-corrected chi connectivity index (χ2v) is 25.7. The zero-order chi connectivity index (χ0) is 64.6. The molecule has 0 aromatic carbocycles. The summed E-state index contributed by atoms with van der Waals surface area (Å²) in [5, 5.41) is 57.3. The topological polar surface area (TPSA) is 175 Å². The number of unbranched alkanes of at least 4 members (excludes halogenated alkanes) is 38. The molecule has 0 bridgehead atoms. The minimum Gasteiger partial charge on any atom is -0.454 e. The van der Waals surface area contributed by atoms with Crippen LogP contribution in [0.4, 0.5) is 0 Å². The van der Waals surface area contributed by atoms with Gasteiger partial charge < -0.3 is 45.1 Å². The molecule has 1 amide bonds. The summed E-state index contributed by atoms with van der Waals surface area (Å²) in [5.74, 6) is -1.19. The molecule has 89 heavy (non-hydrogen) atoms. The zero-order valence-electron chi connectivity index (χ0n) is 57.5. The van der Waals surface area contributed by atoms with Crippen LogP contribution in [0, 0.1) is 0 Å². The second kappa shape index (κ2) is 64.9. The second-order valence-electron chi connectivity index (χ2n) is 25.7. The number of carbonyl (C=O) groups is 2. The predicted molar refractivity (Wildman–Crippen MR) is 375 cm³/mol. The molecule has 0 spiro atoms. The van der Waals surface area contributed by atoms with Gasteiger partial charge in [0.2, 0.25) is 5.91 Å². The fraction of sp³-hybridized carbons (Fsp3) is 0.795. The Morgan fingerprint density at radius 2 is 0.775 bits per heavy atom. The first-order valence-electron chi connectivity index (χ1n) is 37.4. The highest BCUT2D eigenvalue weighted by Crippen LogP contribution is 2.26. The number of hydrogen-bond acceptors (Lipinski definition) is 10. The SMILES string of the molecule is CCCCC/C=C\C/C=C\C/C=C\C/C=C\CCCCCCCCCCCCCC(=O)OC1C(OCC(NC(=O)C(O)CCCCCCCCCCCCCC/C=C\C/C=C\CCCCC)C(O)/C=C/CCCCCCCCCCC)OC(CO)C(O)C1O. The number of ether oxygens (including phenoxy) is 3. The van der Waals surface area contributed by atoms with E-state index in [2.05, 4.69) is 99.0 Å². The molecular weight excluding hydrogens is 1110 g/mol. The smallest absolute Gasteiger partial charge is 0.306 e. The maximum atomic E-state index is 13.5. The zero-order valence-corrected chi connectivity index (χ0v) is 57.5. The molecule has 11 heteroatoms. The van der Waals surface area contributed by atoms with Crippen LogP contribution in [0.3, 0.4) is 0 Å². The van der Waals surface area contributed by atoms with Gasteiger partial charge in [-0.15, -0.1) is 0 Å². The van der Waals surface area contributed by atoms with Crippen molar-refractivity contribution in [3.63, 3.8) is 0 Å². The van der Waals surface area contributed by atoms with Gasteiger partial charge in [-0.25, -0.2) is 0 Å². The van der Waals surface area contributed by atoms with Gasteiger partial charge in [-0.2, -0.15) is 0 Å². The lowest BCUT2D eigenvalue weighted by molar-refractivity contribution is -0.305. The highest BCUT2D eigenvalue weighted by molar-refractivity contribution is 5.80. The Labute approximate surface area is 546 Å². The van der Waals surface area contributed by atoms with Gasteiger partial charge in [0, 0.05) is 6.42 Å². The lowest BCUT2D eigenvalue weighted by Crippen LogP contribution is -2.61. The van der Waals surface area contributed by atoms with Gasteiger partial charge in [-0.05, 0) is 103 Å². The number of aliphatic hydroxyl groups excluding tert-OH is 5. The van der Waals surface area contributed by atoms with Crippen molar-refractivity contribution in [2.24, 2.45) is 0 Å². The average molecular weight is 1250 g/mol. The summed E-state index contributed by atoms with van der Waals surface area (Å²) in [5.41, 5.74) is 0. The van der Waals surface area contributed by atoms with E-state index in [1.165, 1.54) is 199 Å². The van der Waals surface area contributed by atoms with E-state index in [1.54, 1.807) is 6.08 Å². The van der Waals surface area contributed by atoms with Gasteiger partial charge in [0.15, 0.2) is 12.4 Å². The molecule has 0 radical (unpaired) electrons. The van der Waals surface area contributed by atoms with Crippen LogP contribution < -0.4 is 5.32 Å². The number of nitrogens with one attached hydrogen (secondary N) is 1. The fourth-order valence-corrected chi connectivity index (χ4v) is 11.4. The van der Waals surface area contributed by atoms with E-state index in [0.29, 0.717) is 12.8 Å². The number of aliphatic hydroxyl groups is 5. The molecular formula is C78H139NO10. The monoisotopic (exact) mass is 1250 g/mol. The van der Waals surface area contributed by atoms with E-state index in [4.69, 9.17) is 14.2 Å². The molecule has 1 aliphatic heterocycles. The summed E-state index contributed by atoms with van der Waals surface area (Å²) in [6.07, 6.45) is 76.2. The van der Waals surface area contributed by atoms with Crippen LogP contribution in [0.15, 0.2) is 85.1 Å². The summed E-state index contributed by atoms with van der Waals surface area (Å²) in [7, 11) is 0. The van der Waals surface area contributed by atoms with E-state index in [0.717, 1.165) is 89.9 Å². The summed E-state index contributed by atoms with van der Waals surface area (Å²) in [4.78, 5) is 26.7. The number of amides is 1. The van der Waals surface area contributed by atoms with Crippen LogP contribution in [-0.2, 0) is 23.8 Å². The molecule has 0 aromatic rings. The highest BCUT2D eigenvalue weighted by Gasteiger charge is 2.47. The summed E-state index contributed by atoms with van der Waals surface area (Å²) in [6.45, 7) is 5.77. The molecule has 1 rings (SSSR count). The molecule has 8 atom stereocenters. The van der Waals surface area contributed by atoms with Crippen molar-refractivity contribution in [1.82, 2.24) is 5.32 Å². The Morgan fingerprint density at radius 3 is 1.18 bits per heavy atom. The number of rotatable bonds is 64. The Morgan fingerprint density at radius 1 is 0.438 bits per heavy atom. The van der Waals surface area contributed by atoms with E-state index in [9.17, 15) is 35.1 Å². The Hall–Kier alpha value is -3.16. The summed E-state index contributed by atoms with van der Waals surface area (Å²) < 4.78 is 17.7. The molecule has 11 nitrogen and oxygen atoms in total. The summed E-state index contributed by atoms with van der Waals surface area (Å²) >= 11 is 0. The standard InChI is InChI=1S/C78H139NO10/c1-4-7-10-13-16-19-22-24-26-28-30-32-34-35-36-37-38-40-42-44-46-48-51-54-57-60-63-66-73(83)89-76-75(85)74(84)72(67-80)88-78(76)87-68-69(70(81)64-61-58-55-52-49-21-18-15-12-9-6-3)79-77(86)71(82)65-62-59-56-53-50-47-45-43-41-39-33-31-29-27-25-23-20-17-14-11-8-5-2/h16-17,19-20,24-27,30,32,35-36,61,64,69-72,74-76,78,80-82,84-85H,4-15,18,21-23,28-29,31,33-34,37-60,62-63,65-68H2,1-3H3,(H,79,86)/b19-16-,20-17-,26-24-,27-25-,32-30-,36-35-,64-61+. The minimum absolute atomic E-state index is 0.118. The van der Waals surface area contributed by atoms with Crippen LogP contribution >= 0.6 is 0 Å². The quantitative estimate of drug-likeness (QED) is 0.0195. The molecule has 1 fully saturated rings. The molecule has 516 valence electrons. The minimum atomic E-state index is -1.62. The van der Waals surface area contributed by atoms with E-state index >= 15 is 0 Å². The molecule has 0 aromatic heterocycles. The molecule has 1 aliphatic rings. The third kappa shape index (κ3) is 52.0. The number of esters is 1. The van der Waals surface area contributed by atoms with Crippen molar-refractivity contribution < 1.29 is 49.3 Å². The van der Waals surface area contributed by atoms with Gasteiger partial charge >= 0.3 is 5.97 Å². The van der Waals surface area contributed by atoms with E-state index in [1.807, 2.05) is 6.08 Å². The third-order valence-corrected chi connectivity index (χ3v) is 17.3. The van der Waals surface area contributed by atoms with Gasteiger partial charge in [0.25, 0.3) is 0 Å². The van der Waals surface area contributed by atoms with Crippen molar-refractivity contribution in [1.29, 1.82) is 0 Å². The Kier molecular flexibility index (Phi) is 61.2. The first-order chi connectivity index (χ1) is 43.7. The first-order valence-corrected chi connectivity index (χ1v) is 37.4. The largest absolute Gasteiger partial charge is 0.454 e. The first kappa shape index (κ1) is 83.9.